The summed E-state index contributed by atoms with van der Waals surface area (Å²) in [5.41, 5.74) is 1.34. The van der Waals surface area contributed by atoms with Gasteiger partial charge >= 0.3 is 0 Å². The van der Waals surface area contributed by atoms with Crippen molar-refractivity contribution >= 4 is 24.2 Å². The Kier molecular flexibility index (Phi) is 4.35. The molecule has 1 aromatic carbocycles. The van der Waals surface area contributed by atoms with Crippen molar-refractivity contribution in [2.45, 2.75) is 26.1 Å². The molecule has 0 aromatic heterocycles. The number of hydrogen-bond acceptors (Lipinski definition) is 1. The summed E-state index contributed by atoms with van der Waals surface area (Å²) in [7, 11) is -1.33. The molecular formula is C11H17BrOSi. The average Bonchev–Trinajstić information content (AvgIpc) is 2.06. The van der Waals surface area contributed by atoms with Crippen LogP contribution in [0, 0.1) is 0 Å². The third-order valence-corrected chi connectivity index (χ3v) is 3.44. The Balaban J connectivity index is 2.35. The monoisotopic (exact) mass is 272 g/mol. The molecule has 0 heterocycles. The lowest BCUT2D eigenvalue weighted by molar-refractivity contribution is 0.316. The van der Waals surface area contributed by atoms with Crippen molar-refractivity contribution in [3.8, 4) is 0 Å². The zero-order chi connectivity index (χ0) is 10.6. The van der Waals surface area contributed by atoms with Crippen molar-refractivity contribution in [2.24, 2.45) is 0 Å². The molecule has 0 unspecified atom stereocenters. The van der Waals surface area contributed by atoms with Crippen LogP contribution < -0.4 is 0 Å². The molecule has 3 heteroatoms. The van der Waals surface area contributed by atoms with Gasteiger partial charge in [0, 0.05) is 11.1 Å². The first kappa shape index (κ1) is 11.9. The van der Waals surface area contributed by atoms with Crippen LogP contribution in [0.1, 0.15) is 5.56 Å². The first-order chi connectivity index (χ1) is 6.47. The topological polar surface area (TPSA) is 9.23 Å². The lowest BCUT2D eigenvalue weighted by atomic mass is 10.2. The molecule has 0 aliphatic carbocycles. The van der Waals surface area contributed by atoms with E-state index >= 15 is 0 Å². The minimum absolute atomic E-state index is 0.845. The van der Waals surface area contributed by atoms with Crippen molar-refractivity contribution in [1.82, 2.24) is 0 Å². The molecule has 0 aliphatic rings. The molecule has 0 saturated heterocycles. The highest BCUT2D eigenvalue weighted by Crippen LogP contribution is 2.11. The third kappa shape index (κ3) is 4.93. The van der Waals surface area contributed by atoms with Crippen LogP contribution >= 0.6 is 15.9 Å². The van der Waals surface area contributed by atoms with E-state index in [4.69, 9.17) is 4.43 Å². The van der Waals surface area contributed by atoms with Gasteiger partial charge in [-0.05, 0) is 43.8 Å². The van der Waals surface area contributed by atoms with Gasteiger partial charge in [-0.2, -0.15) is 0 Å². The highest BCUT2D eigenvalue weighted by Gasteiger charge is 2.13. The van der Waals surface area contributed by atoms with Crippen LogP contribution in [0.25, 0.3) is 0 Å². The maximum Gasteiger partial charge on any atom is 0.183 e. The molecule has 1 aromatic rings. The highest BCUT2D eigenvalue weighted by atomic mass is 79.9. The Morgan fingerprint density at radius 3 is 2.21 bits per heavy atom. The van der Waals surface area contributed by atoms with Gasteiger partial charge < -0.3 is 4.43 Å². The van der Waals surface area contributed by atoms with Gasteiger partial charge in [-0.3, -0.25) is 0 Å². The van der Waals surface area contributed by atoms with E-state index < -0.39 is 8.32 Å². The molecule has 14 heavy (non-hydrogen) atoms. The summed E-state index contributed by atoms with van der Waals surface area (Å²) in [5.74, 6) is 0. The van der Waals surface area contributed by atoms with Crippen LogP contribution in [0.15, 0.2) is 28.7 Å². The zero-order valence-corrected chi connectivity index (χ0v) is 11.6. The standard InChI is InChI=1S/C11H17BrOSi/c1-14(2,3)13-9-8-10-4-6-11(12)7-5-10/h4-7H,8-9H2,1-3H3. The second kappa shape index (κ2) is 5.10. The largest absolute Gasteiger partial charge is 0.417 e. The second-order valence-corrected chi connectivity index (χ2v) is 9.77. The van der Waals surface area contributed by atoms with Crippen molar-refractivity contribution in [3.63, 3.8) is 0 Å². The first-order valence-electron chi connectivity index (χ1n) is 4.86. The molecule has 78 valence electrons. The van der Waals surface area contributed by atoms with Gasteiger partial charge in [0.25, 0.3) is 0 Å². The number of hydrogen-bond donors (Lipinski definition) is 0. The molecule has 0 radical (unpaired) electrons. The van der Waals surface area contributed by atoms with Crippen molar-refractivity contribution in [3.05, 3.63) is 34.3 Å². The van der Waals surface area contributed by atoms with E-state index in [1.165, 1.54) is 5.56 Å². The molecule has 0 aliphatic heterocycles. The predicted octanol–water partition coefficient (Wildman–Crippen LogP) is 3.84. The maximum absolute atomic E-state index is 5.79. The lowest BCUT2D eigenvalue weighted by Gasteiger charge is -2.16. The summed E-state index contributed by atoms with van der Waals surface area (Å²) in [6, 6.07) is 8.42. The Bertz CT molecular complexity index is 276. The zero-order valence-electron chi connectivity index (χ0n) is 9.01. The van der Waals surface area contributed by atoms with Crippen molar-refractivity contribution < 1.29 is 4.43 Å². The first-order valence-corrected chi connectivity index (χ1v) is 9.06. The fraction of sp³-hybridized carbons (Fsp3) is 0.455. The van der Waals surface area contributed by atoms with Gasteiger partial charge in [0.05, 0.1) is 0 Å². The summed E-state index contributed by atoms with van der Waals surface area (Å²) in [4.78, 5) is 0. The highest BCUT2D eigenvalue weighted by molar-refractivity contribution is 9.10. The Morgan fingerprint density at radius 2 is 1.71 bits per heavy atom. The molecule has 0 N–H and O–H groups in total. The molecule has 0 atom stereocenters. The smallest absolute Gasteiger partial charge is 0.183 e. The van der Waals surface area contributed by atoms with Crippen molar-refractivity contribution in [2.75, 3.05) is 6.61 Å². The summed E-state index contributed by atoms with van der Waals surface area (Å²) in [6.45, 7) is 7.50. The molecule has 1 nitrogen and oxygen atoms in total. The summed E-state index contributed by atoms with van der Waals surface area (Å²) in [5, 5.41) is 0. The molecule has 0 bridgehead atoms. The summed E-state index contributed by atoms with van der Waals surface area (Å²) in [6.07, 6.45) is 1.01. The minimum Gasteiger partial charge on any atom is -0.417 e. The van der Waals surface area contributed by atoms with Crippen LogP contribution in [0.3, 0.4) is 0 Å². The SMILES string of the molecule is C[Si](C)(C)OCCc1ccc(Br)cc1. The second-order valence-electron chi connectivity index (χ2n) is 4.34. The number of benzene rings is 1. The molecule has 0 amide bonds. The van der Waals surface area contributed by atoms with E-state index in [0.717, 1.165) is 17.5 Å². The molecule has 0 spiro atoms. The Labute approximate surface area is 95.7 Å². The normalized spacial score (nSPS) is 11.7. The minimum atomic E-state index is -1.33. The van der Waals surface area contributed by atoms with Crippen LogP contribution in [-0.2, 0) is 10.8 Å². The lowest BCUT2D eigenvalue weighted by Crippen LogP contribution is -2.26. The van der Waals surface area contributed by atoms with Crippen LogP contribution in [0.5, 0.6) is 0 Å². The fourth-order valence-electron chi connectivity index (χ4n) is 1.13. The van der Waals surface area contributed by atoms with Gasteiger partial charge in [0.1, 0.15) is 0 Å². The molecule has 0 saturated carbocycles. The predicted molar refractivity (Wildman–Crippen MR) is 67.1 cm³/mol. The van der Waals surface area contributed by atoms with Crippen LogP contribution in [0.2, 0.25) is 19.6 Å². The summed E-state index contributed by atoms with van der Waals surface area (Å²) >= 11 is 3.42. The molecule has 0 fully saturated rings. The van der Waals surface area contributed by atoms with E-state index in [-0.39, 0.29) is 0 Å². The molecule has 1 rings (SSSR count). The Hall–Kier alpha value is -0.123. The van der Waals surface area contributed by atoms with Gasteiger partial charge in [-0.1, -0.05) is 28.1 Å². The maximum atomic E-state index is 5.79. The van der Waals surface area contributed by atoms with E-state index in [9.17, 15) is 0 Å². The fourth-order valence-corrected chi connectivity index (χ4v) is 2.10. The van der Waals surface area contributed by atoms with E-state index in [1.807, 2.05) is 0 Å². The van der Waals surface area contributed by atoms with Gasteiger partial charge in [-0.25, -0.2) is 0 Å². The average molecular weight is 273 g/mol. The van der Waals surface area contributed by atoms with Crippen LogP contribution in [0.4, 0.5) is 0 Å². The van der Waals surface area contributed by atoms with Crippen molar-refractivity contribution in [1.29, 1.82) is 0 Å². The number of halogens is 1. The van der Waals surface area contributed by atoms with E-state index in [2.05, 4.69) is 59.8 Å². The Morgan fingerprint density at radius 1 is 1.14 bits per heavy atom. The van der Waals surface area contributed by atoms with E-state index in [0.29, 0.717) is 0 Å². The third-order valence-electron chi connectivity index (χ3n) is 1.84. The number of rotatable bonds is 4. The quantitative estimate of drug-likeness (QED) is 0.757. The van der Waals surface area contributed by atoms with Gasteiger partial charge in [-0.15, -0.1) is 0 Å². The summed E-state index contributed by atoms with van der Waals surface area (Å²) < 4.78 is 6.92. The van der Waals surface area contributed by atoms with Gasteiger partial charge in [0.2, 0.25) is 0 Å². The molecular weight excluding hydrogens is 256 g/mol. The van der Waals surface area contributed by atoms with E-state index in [1.54, 1.807) is 0 Å². The van der Waals surface area contributed by atoms with Crippen LogP contribution in [-0.4, -0.2) is 14.9 Å². The van der Waals surface area contributed by atoms with Gasteiger partial charge in [0.15, 0.2) is 8.32 Å².